The Balaban J connectivity index is 2.23. The van der Waals surface area contributed by atoms with E-state index in [0.29, 0.717) is 6.42 Å². The number of nitrogens with zero attached hydrogens (tertiary/aromatic N) is 2. The first-order valence-corrected chi connectivity index (χ1v) is 7.42. The molecule has 1 heterocycles. The Bertz CT molecular complexity index is 590. The minimum absolute atomic E-state index is 0.0170. The molecule has 1 aliphatic rings. The summed E-state index contributed by atoms with van der Waals surface area (Å²) >= 11 is 5.81. The van der Waals surface area contributed by atoms with E-state index in [4.69, 9.17) is 11.6 Å². The third-order valence-electron chi connectivity index (χ3n) is 3.33. The molecule has 0 bridgehead atoms. The highest BCUT2D eigenvalue weighted by Gasteiger charge is 2.49. The summed E-state index contributed by atoms with van der Waals surface area (Å²) in [5.74, 6) is -0.466. The number of hydrogen-bond donors (Lipinski definition) is 1. The van der Waals surface area contributed by atoms with Crippen molar-refractivity contribution in [3.05, 3.63) is 11.5 Å². The zero-order valence-electron chi connectivity index (χ0n) is 10.1. The fourth-order valence-electron chi connectivity index (χ4n) is 1.74. The molecule has 6 nitrogen and oxygen atoms in total. The highest BCUT2D eigenvalue weighted by molar-refractivity contribution is 7.90. The van der Waals surface area contributed by atoms with Crippen LogP contribution in [0.5, 0.6) is 0 Å². The molecule has 0 aromatic carbocycles. The van der Waals surface area contributed by atoms with Crippen LogP contribution in [0, 0.1) is 5.41 Å². The lowest BCUT2D eigenvalue weighted by atomic mass is 10.0. The Morgan fingerprint density at radius 1 is 1.61 bits per heavy atom. The molecule has 2 rings (SSSR count). The first kappa shape index (κ1) is 13.4. The SMILES string of the molecule is CCC1(C(=O)NS(=O)(=O)c2ncn(C)c2Cl)CC1. The van der Waals surface area contributed by atoms with Gasteiger partial charge in [-0.1, -0.05) is 18.5 Å². The fourth-order valence-corrected chi connectivity index (χ4v) is 3.25. The number of carbonyl (C=O) groups excluding carboxylic acids is 1. The van der Waals surface area contributed by atoms with Gasteiger partial charge in [0.05, 0.1) is 11.7 Å². The van der Waals surface area contributed by atoms with Gasteiger partial charge in [0.2, 0.25) is 10.9 Å². The average Bonchev–Trinajstić information content (AvgIpc) is 3.02. The van der Waals surface area contributed by atoms with E-state index in [1.54, 1.807) is 7.05 Å². The summed E-state index contributed by atoms with van der Waals surface area (Å²) in [6.45, 7) is 1.87. The number of halogens is 1. The van der Waals surface area contributed by atoms with E-state index in [1.165, 1.54) is 10.9 Å². The fraction of sp³-hybridized carbons (Fsp3) is 0.600. The molecule has 1 aromatic rings. The van der Waals surface area contributed by atoms with Gasteiger partial charge in [0.1, 0.15) is 5.15 Å². The van der Waals surface area contributed by atoms with Gasteiger partial charge in [0, 0.05) is 7.05 Å². The third-order valence-corrected chi connectivity index (χ3v) is 5.15. The first-order valence-electron chi connectivity index (χ1n) is 5.56. The molecule has 100 valence electrons. The van der Waals surface area contributed by atoms with E-state index in [9.17, 15) is 13.2 Å². The molecular weight excluding hydrogens is 278 g/mol. The lowest BCUT2D eigenvalue weighted by molar-refractivity contribution is -0.124. The van der Waals surface area contributed by atoms with Crippen LogP contribution in [0.25, 0.3) is 0 Å². The van der Waals surface area contributed by atoms with Crippen LogP contribution in [0.15, 0.2) is 11.4 Å². The van der Waals surface area contributed by atoms with Crippen molar-refractivity contribution < 1.29 is 13.2 Å². The standard InChI is InChI=1S/C10H14ClN3O3S/c1-3-10(4-5-10)9(15)13-18(16,17)8-7(11)14(2)6-12-8/h6H,3-5H2,1-2H3,(H,13,15). The van der Waals surface area contributed by atoms with E-state index in [0.717, 1.165) is 12.8 Å². The molecule has 1 saturated carbocycles. The first-order chi connectivity index (χ1) is 8.32. The van der Waals surface area contributed by atoms with E-state index in [2.05, 4.69) is 9.71 Å². The molecule has 0 atom stereocenters. The number of amides is 1. The Hall–Kier alpha value is -1.08. The number of hydrogen-bond acceptors (Lipinski definition) is 4. The summed E-state index contributed by atoms with van der Waals surface area (Å²) in [4.78, 5) is 15.6. The second kappa shape index (κ2) is 4.24. The van der Waals surface area contributed by atoms with Crippen molar-refractivity contribution in [3.8, 4) is 0 Å². The number of aryl methyl sites for hydroxylation is 1. The topological polar surface area (TPSA) is 81.1 Å². The van der Waals surface area contributed by atoms with Crippen molar-refractivity contribution >= 4 is 27.5 Å². The summed E-state index contributed by atoms with van der Waals surface area (Å²) in [5, 5.41) is -0.330. The molecule has 1 amide bonds. The average molecular weight is 292 g/mol. The van der Waals surface area contributed by atoms with Crippen LogP contribution in [0.4, 0.5) is 0 Å². The number of imidazole rings is 1. The second-order valence-electron chi connectivity index (χ2n) is 4.52. The van der Waals surface area contributed by atoms with Gasteiger partial charge in [-0.15, -0.1) is 0 Å². The Labute approximate surface area is 110 Å². The molecule has 0 radical (unpaired) electrons. The van der Waals surface area contributed by atoms with Crippen LogP contribution in [0.1, 0.15) is 26.2 Å². The van der Waals surface area contributed by atoms with Crippen molar-refractivity contribution in [1.29, 1.82) is 0 Å². The van der Waals surface area contributed by atoms with Gasteiger partial charge in [-0.25, -0.2) is 9.71 Å². The molecule has 0 spiro atoms. The summed E-state index contributed by atoms with van der Waals surface area (Å²) < 4.78 is 27.4. The Morgan fingerprint density at radius 3 is 2.61 bits per heavy atom. The number of sulfonamides is 1. The van der Waals surface area contributed by atoms with Gasteiger partial charge >= 0.3 is 0 Å². The van der Waals surface area contributed by atoms with Crippen molar-refractivity contribution in [2.75, 3.05) is 0 Å². The molecule has 0 saturated heterocycles. The van der Waals surface area contributed by atoms with Gasteiger partial charge in [-0.05, 0) is 19.3 Å². The van der Waals surface area contributed by atoms with Crippen LogP contribution >= 0.6 is 11.6 Å². The second-order valence-corrected chi connectivity index (χ2v) is 6.48. The van der Waals surface area contributed by atoms with E-state index < -0.39 is 21.3 Å². The highest BCUT2D eigenvalue weighted by Crippen LogP contribution is 2.48. The zero-order valence-corrected chi connectivity index (χ0v) is 11.7. The Morgan fingerprint density at radius 2 is 2.22 bits per heavy atom. The molecule has 18 heavy (non-hydrogen) atoms. The normalized spacial score (nSPS) is 17.5. The maximum atomic E-state index is 12.0. The van der Waals surface area contributed by atoms with Crippen LogP contribution in [0.3, 0.4) is 0 Å². The lowest BCUT2D eigenvalue weighted by Crippen LogP contribution is -2.36. The molecular formula is C10H14ClN3O3S. The van der Waals surface area contributed by atoms with Gasteiger partial charge < -0.3 is 4.57 Å². The van der Waals surface area contributed by atoms with Gasteiger partial charge in [-0.3, -0.25) is 4.79 Å². The summed E-state index contributed by atoms with van der Waals surface area (Å²) in [5.41, 5.74) is -0.520. The minimum atomic E-state index is -3.99. The van der Waals surface area contributed by atoms with E-state index >= 15 is 0 Å². The molecule has 0 aliphatic heterocycles. The number of carbonyl (C=O) groups is 1. The highest BCUT2D eigenvalue weighted by atomic mass is 35.5. The molecule has 0 unspecified atom stereocenters. The van der Waals surface area contributed by atoms with Gasteiger partial charge in [0.25, 0.3) is 10.0 Å². The predicted octanol–water partition coefficient (Wildman–Crippen LogP) is 1.07. The summed E-state index contributed by atoms with van der Waals surface area (Å²) in [6.07, 6.45) is 3.36. The van der Waals surface area contributed by atoms with Crippen LogP contribution in [-0.4, -0.2) is 23.9 Å². The van der Waals surface area contributed by atoms with Crippen LogP contribution in [-0.2, 0) is 21.9 Å². The molecule has 1 N–H and O–H groups in total. The number of aromatic nitrogens is 2. The van der Waals surface area contributed by atoms with Crippen molar-refractivity contribution in [1.82, 2.24) is 14.3 Å². The van der Waals surface area contributed by atoms with Crippen LogP contribution < -0.4 is 4.72 Å². The summed E-state index contributed by atoms with van der Waals surface area (Å²) in [6, 6.07) is 0. The number of rotatable bonds is 4. The molecule has 1 aromatic heterocycles. The smallest absolute Gasteiger partial charge is 0.284 e. The largest absolute Gasteiger partial charge is 0.324 e. The van der Waals surface area contributed by atoms with E-state index in [1.807, 2.05) is 6.92 Å². The Kier molecular flexibility index (Phi) is 3.14. The molecule has 8 heteroatoms. The quantitative estimate of drug-likeness (QED) is 0.900. The third kappa shape index (κ3) is 2.12. The maximum Gasteiger partial charge on any atom is 0.284 e. The van der Waals surface area contributed by atoms with Crippen molar-refractivity contribution in [2.45, 2.75) is 31.2 Å². The van der Waals surface area contributed by atoms with Gasteiger partial charge in [0.15, 0.2) is 0 Å². The minimum Gasteiger partial charge on any atom is -0.324 e. The van der Waals surface area contributed by atoms with Gasteiger partial charge in [-0.2, -0.15) is 8.42 Å². The monoisotopic (exact) mass is 291 g/mol. The maximum absolute atomic E-state index is 12.0. The number of nitrogens with one attached hydrogen (secondary N) is 1. The predicted molar refractivity (Wildman–Crippen MR) is 65.5 cm³/mol. The summed E-state index contributed by atoms with van der Waals surface area (Å²) in [7, 11) is -2.41. The zero-order chi connectivity index (χ0) is 13.6. The van der Waals surface area contributed by atoms with E-state index in [-0.39, 0.29) is 10.2 Å². The molecule has 1 aliphatic carbocycles. The van der Waals surface area contributed by atoms with Crippen LogP contribution in [0.2, 0.25) is 5.15 Å². The van der Waals surface area contributed by atoms with Crippen molar-refractivity contribution in [2.24, 2.45) is 12.5 Å². The van der Waals surface area contributed by atoms with Crippen molar-refractivity contribution in [3.63, 3.8) is 0 Å². The lowest BCUT2D eigenvalue weighted by Gasteiger charge is -2.12. The molecule has 1 fully saturated rings.